The van der Waals surface area contributed by atoms with Crippen LogP contribution in [0.1, 0.15) is 77.0 Å². The first-order valence-corrected chi connectivity index (χ1v) is 8.41. The Kier molecular flexibility index (Phi) is 10.3. The minimum atomic E-state index is 0.786. The van der Waals surface area contributed by atoms with Gasteiger partial charge in [-0.25, -0.2) is 0 Å². The van der Waals surface area contributed by atoms with E-state index in [1.54, 1.807) is 0 Å². The predicted molar refractivity (Wildman–Crippen MR) is 81.0 cm³/mol. The van der Waals surface area contributed by atoms with Crippen LogP contribution < -0.4 is 5.32 Å². The van der Waals surface area contributed by atoms with Crippen molar-refractivity contribution in [3.05, 3.63) is 0 Å². The van der Waals surface area contributed by atoms with Crippen LogP contribution in [-0.2, 0) is 0 Å². The van der Waals surface area contributed by atoms with Gasteiger partial charge in [0.1, 0.15) is 0 Å². The molecule has 1 aliphatic carbocycles. The second-order valence-corrected chi connectivity index (χ2v) is 5.93. The Hall–Kier alpha value is 0.310. The van der Waals surface area contributed by atoms with E-state index in [-0.39, 0.29) is 0 Å². The molecule has 17 heavy (non-hydrogen) atoms. The van der Waals surface area contributed by atoms with Crippen molar-refractivity contribution in [2.24, 2.45) is 0 Å². The van der Waals surface area contributed by atoms with Gasteiger partial charge in [-0.15, -0.1) is 0 Å². The van der Waals surface area contributed by atoms with E-state index < -0.39 is 0 Å². The summed E-state index contributed by atoms with van der Waals surface area (Å²) in [7, 11) is 0. The third-order valence-corrected chi connectivity index (χ3v) is 4.19. The molecule has 102 valence electrons. The van der Waals surface area contributed by atoms with Crippen molar-refractivity contribution in [1.82, 2.24) is 5.32 Å². The molecule has 1 fully saturated rings. The lowest BCUT2D eigenvalue weighted by atomic mass is 9.98. The molecule has 1 nitrogen and oxygen atoms in total. The molecule has 1 N–H and O–H groups in total. The van der Waals surface area contributed by atoms with E-state index in [4.69, 9.17) is 0 Å². The third-order valence-electron chi connectivity index (χ3n) is 3.87. The average molecular weight is 257 g/mol. The number of nitrogens with one attached hydrogen (secondary N) is 1. The second kappa shape index (κ2) is 11.4. The molecule has 0 unspecified atom stereocenters. The Bertz CT molecular complexity index is 149. The van der Waals surface area contributed by atoms with E-state index >= 15 is 0 Å². The molecule has 0 atom stereocenters. The smallest absolute Gasteiger partial charge is 0.00670 e. The summed E-state index contributed by atoms with van der Waals surface area (Å²) in [5.74, 6) is 1.01. The molecule has 1 rings (SSSR count). The quantitative estimate of drug-likeness (QED) is 0.555. The van der Waals surface area contributed by atoms with E-state index in [9.17, 15) is 0 Å². The zero-order chi connectivity index (χ0) is 12.2. The van der Waals surface area contributed by atoms with Gasteiger partial charge in [0.15, 0.2) is 0 Å². The maximum absolute atomic E-state index is 4.27. The number of thiol groups is 1. The average Bonchev–Trinajstić information content (AvgIpc) is 2.32. The molecular weight excluding hydrogens is 226 g/mol. The predicted octanol–water partition coefficient (Wildman–Crippen LogP) is 4.57. The summed E-state index contributed by atoms with van der Waals surface area (Å²) >= 11 is 4.27. The summed E-state index contributed by atoms with van der Waals surface area (Å²) in [6, 6.07) is 0.786. The first kappa shape index (κ1) is 15.4. The Labute approximate surface area is 114 Å². The molecule has 0 saturated heterocycles. The molecule has 0 spiro atoms. The standard InChI is InChI=1S/C15H31NS/c17-14-10-13-16-15-11-8-6-4-2-1-3-5-7-9-12-15/h15-17H,1-14H2. The highest BCUT2D eigenvalue weighted by Gasteiger charge is 2.08. The van der Waals surface area contributed by atoms with Crippen LogP contribution in [0.2, 0.25) is 0 Å². The highest BCUT2D eigenvalue weighted by atomic mass is 32.1. The Morgan fingerprint density at radius 1 is 0.765 bits per heavy atom. The molecule has 0 aliphatic heterocycles. The zero-order valence-electron chi connectivity index (χ0n) is 11.4. The van der Waals surface area contributed by atoms with Gasteiger partial charge in [0, 0.05) is 6.04 Å². The highest BCUT2D eigenvalue weighted by molar-refractivity contribution is 7.80. The second-order valence-electron chi connectivity index (χ2n) is 5.49. The molecule has 0 aromatic heterocycles. The number of rotatable bonds is 4. The van der Waals surface area contributed by atoms with Gasteiger partial charge in [0.25, 0.3) is 0 Å². The van der Waals surface area contributed by atoms with Gasteiger partial charge >= 0.3 is 0 Å². The van der Waals surface area contributed by atoms with E-state index in [2.05, 4.69) is 17.9 Å². The number of hydrogen-bond acceptors (Lipinski definition) is 2. The summed E-state index contributed by atoms with van der Waals surface area (Å²) in [6.45, 7) is 1.16. The van der Waals surface area contributed by atoms with Gasteiger partial charge in [0.2, 0.25) is 0 Å². The number of hydrogen-bond donors (Lipinski definition) is 2. The van der Waals surface area contributed by atoms with Crippen LogP contribution >= 0.6 is 12.6 Å². The molecule has 0 radical (unpaired) electrons. The van der Waals surface area contributed by atoms with Crippen LogP contribution in [0.4, 0.5) is 0 Å². The van der Waals surface area contributed by atoms with Crippen molar-refractivity contribution in [3.8, 4) is 0 Å². The maximum Gasteiger partial charge on any atom is 0.00670 e. The van der Waals surface area contributed by atoms with Gasteiger partial charge in [-0.2, -0.15) is 12.6 Å². The summed E-state index contributed by atoms with van der Waals surface area (Å²) in [5, 5.41) is 3.73. The summed E-state index contributed by atoms with van der Waals surface area (Å²) < 4.78 is 0. The summed E-state index contributed by atoms with van der Waals surface area (Å²) in [5.41, 5.74) is 0. The van der Waals surface area contributed by atoms with Crippen LogP contribution in [0, 0.1) is 0 Å². The van der Waals surface area contributed by atoms with Gasteiger partial charge in [-0.05, 0) is 31.6 Å². The lowest BCUT2D eigenvalue weighted by Crippen LogP contribution is -2.30. The van der Waals surface area contributed by atoms with Crippen molar-refractivity contribution in [2.75, 3.05) is 12.3 Å². The molecule has 1 saturated carbocycles. The normalized spacial score (nSPS) is 21.7. The molecule has 0 heterocycles. The topological polar surface area (TPSA) is 12.0 Å². The molecule has 2 heteroatoms. The molecule has 0 aromatic rings. The fourth-order valence-corrected chi connectivity index (χ4v) is 2.91. The SMILES string of the molecule is SCCCNC1CCCCCCCCCCC1. The monoisotopic (exact) mass is 257 g/mol. The van der Waals surface area contributed by atoms with Crippen LogP contribution in [0.25, 0.3) is 0 Å². The van der Waals surface area contributed by atoms with Crippen LogP contribution in [0.3, 0.4) is 0 Å². The van der Waals surface area contributed by atoms with Gasteiger partial charge in [-0.3, -0.25) is 0 Å². The minimum Gasteiger partial charge on any atom is -0.314 e. The molecule has 0 aromatic carbocycles. The third kappa shape index (κ3) is 8.96. The Morgan fingerprint density at radius 2 is 1.24 bits per heavy atom. The maximum atomic E-state index is 4.27. The first-order chi connectivity index (χ1) is 8.43. The van der Waals surface area contributed by atoms with E-state index in [0.717, 1.165) is 18.3 Å². The Balaban J connectivity index is 2.17. The minimum absolute atomic E-state index is 0.786. The largest absolute Gasteiger partial charge is 0.314 e. The summed E-state index contributed by atoms with van der Waals surface area (Å²) in [4.78, 5) is 0. The van der Waals surface area contributed by atoms with Crippen molar-refractivity contribution in [1.29, 1.82) is 0 Å². The van der Waals surface area contributed by atoms with E-state index in [0.29, 0.717) is 0 Å². The lowest BCUT2D eigenvalue weighted by molar-refractivity contribution is 0.405. The van der Waals surface area contributed by atoms with Crippen molar-refractivity contribution in [3.63, 3.8) is 0 Å². The molecular formula is C15H31NS. The Morgan fingerprint density at radius 3 is 1.71 bits per heavy atom. The van der Waals surface area contributed by atoms with Crippen LogP contribution in [0.5, 0.6) is 0 Å². The van der Waals surface area contributed by atoms with Crippen LogP contribution in [0.15, 0.2) is 0 Å². The van der Waals surface area contributed by atoms with Gasteiger partial charge in [-0.1, -0.05) is 57.8 Å². The first-order valence-electron chi connectivity index (χ1n) is 7.77. The van der Waals surface area contributed by atoms with Gasteiger partial charge in [0.05, 0.1) is 0 Å². The van der Waals surface area contributed by atoms with Crippen molar-refractivity contribution in [2.45, 2.75) is 83.1 Å². The fourth-order valence-electron chi connectivity index (χ4n) is 2.75. The van der Waals surface area contributed by atoms with Crippen LogP contribution in [-0.4, -0.2) is 18.3 Å². The molecule has 0 bridgehead atoms. The molecule has 1 aliphatic rings. The molecule has 0 amide bonds. The summed E-state index contributed by atoms with van der Waals surface area (Å²) in [6.07, 6.45) is 17.1. The lowest BCUT2D eigenvalue weighted by Gasteiger charge is -2.19. The highest BCUT2D eigenvalue weighted by Crippen LogP contribution is 2.16. The van der Waals surface area contributed by atoms with Crippen molar-refractivity contribution >= 4 is 12.6 Å². The zero-order valence-corrected chi connectivity index (χ0v) is 12.3. The fraction of sp³-hybridized carbons (Fsp3) is 1.00. The van der Waals surface area contributed by atoms with Crippen molar-refractivity contribution < 1.29 is 0 Å². The van der Waals surface area contributed by atoms with E-state index in [1.807, 2.05) is 0 Å². The van der Waals surface area contributed by atoms with Gasteiger partial charge < -0.3 is 5.32 Å². The van der Waals surface area contributed by atoms with E-state index in [1.165, 1.54) is 77.0 Å².